The van der Waals surface area contributed by atoms with Crippen molar-refractivity contribution >= 4 is 11.2 Å². The molecule has 3 aromatic rings. The number of ether oxygens (including phenoxy) is 1. The van der Waals surface area contributed by atoms with Crippen LogP contribution in [0.2, 0.25) is 0 Å². The molecule has 1 aromatic carbocycles. The molecule has 0 amide bonds. The van der Waals surface area contributed by atoms with Crippen LogP contribution >= 0.6 is 0 Å². The predicted octanol–water partition coefficient (Wildman–Crippen LogP) is 1.00. The number of aromatic nitrogens is 4. The fraction of sp³-hybridized carbons (Fsp3) is 0.577. The van der Waals surface area contributed by atoms with Gasteiger partial charge in [0.2, 0.25) is 0 Å². The third-order valence-electron chi connectivity index (χ3n) is 6.62. The normalized spacial score (nSPS) is 16.1. The lowest BCUT2D eigenvalue weighted by Gasteiger charge is -2.35. The highest BCUT2D eigenvalue weighted by molar-refractivity contribution is 5.70. The van der Waals surface area contributed by atoms with Crippen LogP contribution in [0.25, 0.3) is 11.2 Å². The molecule has 1 aliphatic rings. The van der Waals surface area contributed by atoms with E-state index >= 15 is 0 Å². The Kier molecular flexibility index (Phi) is 8.60. The molecule has 196 valence electrons. The maximum absolute atomic E-state index is 12.8. The molecular formula is C26H38N6O4. The summed E-state index contributed by atoms with van der Waals surface area (Å²) in [6, 6.07) is 9.87. The quantitative estimate of drug-likeness (QED) is 0.394. The van der Waals surface area contributed by atoms with Crippen molar-refractivity contribution in [2.75, 3.05) is 45.9 Å². The van der Waals surface area contributed by atoms with E-state index in [2.05, 4.69) is 14.8 Å². The number of hydrogen-bond donors (Lipinski definition) is 1. The average molecular weight is 499 g/mol. The molecule has 1 atom stereocenters. The van der Waals surface area contributed by atoms with Gasteiger partial charge >= 0.3 is 5.69 Å². The molecule has 4 rings (SSSR count). The Morgan fingerprint density at radius 3 is 2.39 bits per heavy atom. The first-order valence-electron chi connectivity index (χ1n) is 12.8. The summed E-state index contributed by atoms with van der Waals surface area (Å²) in [6.45, 7) is 10.7. The Morgan fingerprint density at radius 2 is 1.69 bits per heavy atom. The summed E-state index contributed by atoms with van der Waals surface area (Å²) in [5, 5.41) is 10.8. The van der Waals surface area contributed by atoms with Gasteiger partial charge < -0.3 is 19.3 Å². The molecule has 1 fully saturated rings. The van der Waals surface area contributed by atoms with Gasteiger partial charge in [-0.15, -0.1) is 0 Å². The molecule has 3 heterocycles. The van der Waals surface area contributed by atoms with Gasteiger partial charge in [-0.1, -0.05) is 32.0 Å². The number of piperazine rings is 1. The zero-order chi connectivity index (χ0) is 25.7. The first-order valence-corrected chi connectivity index (χ1v) is 12.8. The standard InChI is InChI=1S/C26H38N6O4/c1-20(2)16-32-24-23(25(34)28(3)26(32)35)31(19-27-24)18-21(33)17-30-13-11-29(12-14-30)10-7-15-36-22-8-5-4-6-9-22/h4-6,8-9,19-21,33H,7,10-18H2,1-3H3. The van der Waals surface area contributed by atoms with E-state index in [1.54, 1.807) is 15.5 Å². The molecule has 1 aliphatic heterocycles. The zero-order valence-electron chi connectivity index (χ0n) is 21.5. The molecule has 0 spiro atoms. The number of imidazole rings is 1. The van der Waals surface area contributed by atoms with Crippen molar-refractivity contribution in [1.82, 2.24) is 28.5 Å². The summed E-state index contributed by atoms with van der Waals surface area (Å²) in [5.41, 5.74) is -0.00531. The first-order chi connectivity index (χ1) is 17.3. The second-order valence-corrected chi connectivity index (χ2v) is 10.0. The fourth-order valence-corrected chi connectivity index (χ4v) is 4.75. The van der Waals surface area contributed by atoms with E-state index in [1.165, 1.54) is 7.05 Å². The number of aliphatic hydroxyl groups excluding tert-OH is 1. The number of β-amino-alcohol motifs (C(OH)–C–C–N with tert-alkyl or cyclic N) is 1. The SMILES string of the molecule is CC(C)Cn1c(=O)n(C)c(=O)c2c1ncn2CC(O)CN1CCN(CCCOc2ccccc2)CC1. The summed E-state index contributed by atoms with van der Waals surface area (Å²) in [5.74, 6) is 1.14. The smallest absolute Gasteiger partial charge is 0.332 e. The Labute approximate surface area is 211 Å². The van der Waals surface area contributed by atoms with Gasteiger partial charge in [-0.2, -0.15) is 0 Å². The van der Waals surface area contributed by atoms with Crippen LogP contribution in [-0.4, -0.2) is 85.6 Å². The number of nitrogens with zero attached hydrogens (tertiary/aromatic N) is 6. The lowest BCUT2D eigenvalue weighted by molar-refractivity contribution is 0.0634. The van der Waals surface area contributed by atoms with E-state index in [0.717, 1.165) is 49.5 Å². The van der Waals surface area contributed by atoms with Gasteiger partial charge in [0.15, 0.2) is 11.2 Å². The predicted molar refractivity (Wildman–Crippen MR) is 140 cm³/mol. The second-order valence-electron chi connectivity index (χ2n) is 10.0. The van der Waals surface area contributed by atoms with Gasteiger partial charge in [0.05, 0.1) is 25.6 Å². The monoisotopic (exact) mass is 498 g/mol. The lowest BCUT2D eigenvalue weighted by Crippen LogP contribution is -2.49. The van der Waals surface area contributed by atoms with Crippen LogP contribution in [0.4, 0.5) is 0 Å². The molecule has 0 aliphatic carbocycles. The van der Waals surface area contributed by atoms with Crippen LogP contribution in [0.3, 0.4) is 0 Å². The van der Waals surface area contributed by atoms with Crippen LogP contribution in [0.1, 0.15) is 20.3 Å². The summed E-state index contributed by atoms with van der Waals surface area (Å²) < 4.78 is 10.1. The van der Waals surface area contributed by atoms with Gasteiger partial charge in [0.1, 0.15) is 5.75 Å². The Balaban J connectivity index is 1.28. The van der Waals surface area contributed by atoms with Gasteiger partial charge in [-0.3, -0.25) is 18.8 Å². The lowest BCUT2D eigenvalue weighted by atomic mass is 10.2. The minimum absolute atomic E-state index is 0.231. The minimum Gasteiger partial charge on any atom is -0.494 e. The van der Waals surface area contributed by atoms with Crippen molar-refractivity contribution in [3.8, 4) is 5.75 Å². The number of benzene rings is 1. The first kappa shape index (κ1) is 26.1. The van der Waals surface area contributed by atoms with Crippen LogP contribution in [-0.2, 0) is 20.1 Å². The number of fused-ring (bicyclic) bond motifs is 1. The molecule has 0 saturated carbocycles. The average Bonchev–Trinajstić information content (AvgIpc) is 3.28. The van der Waals surface area contributed by atoms with Gasteiger partial charge in [-0.05, 0) is 24.5 Å². The van der Waals surface area contributed by atoms with E-state index in [-0.39, 0.29) is 23.7 Å². The van der Waals surface area contributed by atoms with Crippen LogP contribution in [0.5, 0.6) is 5.75 Å². The summed E-state index contributed by atoms with van der Waals surface area (Å²) in [4.78, 5) is 34.5. The van der Waals surface area contributed by atoms with Crippen molar-refractivity contribution < 1.29 is 9.84 Å². The van der Waals surface area contributed by atoms with E-state index in [0.29, 0.717) is 30.9 Å². The molecule has 0 bridgehead atoms. The topological polar surface area (TPSA) is 97.8 Å². The molecule has 2 aromatic heterocycles. The van der Waals surface area contributed by atoms with Crippen molar-refractivity contribution in [2.24, 2.45) is 13.0 Å². The highest BCUT2D eigenvalue weighted by atomic mass is 16.5. The second kappa shape index (κ2) is 11.9. The van der Waals surface area contributed by atoms with Gasteiger partial charge in [0.25, 0.3) is 5.56 Å². The summed E-state index contributed by atoms with van der Waals surface area (Å²) >= 11 is 0. The number of para-hydroxylation sites is 1. The highest BCUT2D eigenvalue weighted by Gasteiger charge is 2.22. The molecule has 1 unspecified atom stereocenters. The molecule has 0 radical (unpaired) electrons. The highest BCUT2D eigenvalue weighted by Crippen LogP contribution is 2.12. The summed E-state index contributed by atoms with van der Waals surface area (Å²) in [6.07, 6.45) is 1.88. The summed E-state index contributed by atoms with van der Waals surface area (Å²) in [7, 11) is 1.49. The van der Waals surface area contributed by atoms with Crippen LogP contribution in [0.15, 0.2) is 46.2 Å². The maximum atomic E-state index is 12.8. The van der Waals surface area contributed by atoms with E-state index in [1.807, 2.05) is 44.2 Å². The van der Waals surface area contributed by atoms with E-state index in [9.17, 15) is 14.7 Å². The number of aliphatic hydroxyl groups is 1. The minimum atomic E-state index is -0.650. The molecule has 10 nitrogen and oxygen atoms in total. The molecule has 1 saturated heterocycles. The van der Waals surface area contributed by atoms with Crippen LogP contribution < -0.4 is 16.0 Å². The largest absolute Gasteiger partial charge is 0.494 e. The third kappa shape index (κ3) is 6.24. The van der Waals surface area contributed by atoms with E-state index < -0.39 is 6.10 Å². The van der Waals surface area contributed by atoms with Gasteiger partial charge in [-0.25, -0.2) is 9.78 Å². The van der Waals surface area contributed by atoms with Crippen molar-refractivity contribution in [3.05, 3.63) is 57.5 Å². The third-order valence-corrected chi connectivity index (χ3v) is 6.62. The molecule has 36 heavy (non-hydrogen) atoms. The fourth-order valence-electron chi connectivity index (χ4n) is 4.75. The number of rotatable bonds is 11. The van der Waals surface area contributed by atoms with Crippen molar-refractivity contribution in [2.45, 2.75) is 39.5 Å². The van der Waals surface area contributed by atoms with Crippen molar-refractivity contribution in [3.63, 3.8) is 0 Å². The van der Waals surface area contributed by atoms with Crippen LogP contribution in [0, 0.1) is 5.92 Å². The van der Waals surface area contributed by atoms with Gasteiger partial charge in [0, 0.05) is 52.9 Å². The van der Waals surface area contributed by atoms with Crippen molar-refractivity contribution in [1.29, 1.82) is 0 Å². The Bertz CT molecular complexity index is 1240. The Hall–Kier alpha value is -2.95. The molecular weight excluding hydrogens is 460 g/mol. The molecule has 10 heteroatoms. The van der Waals surface area contributed by atoms with E-state index in [4.69, 9.17) is 4.74 Å². The number of hydrogen-bond acceptors (Lipinski definition) is 7. The maximum Gasteiger partial charge on any atom is 0.332 e. The molecule has 1 N–H and O–H groups in total. The zero-order valence-corrected chi connectivity index (χ0v) is 21.5. The Morgan fingerprint density at radius 1 is 1.00 bits per heavy atom.